The largest absolute Gasteiger partial charge is 0.370 e. The Morgan fingerprint density at radius 1 is 1.00 bits per heavy atom. The summed E-state index contributed by atoms with van der Waals surface area (Å²) in [6.45, 7) is 2.62. The van der Waals surface area contributed by atoms with Crippen LogP contribution in [0.15, 0.2) is 0 Å². The maximum absolute atomic E-state index is 12.0. The first-order valence-corrected chi connectivity index (χ1v) is 4.05. The quantitative estimate of drug-likeness (QED) is 0.589. The van der Waals surface area contributed by atoms with Crippen LogP contribution in [0.25, 0.3) is 0 Å². The zero-order valence-electron chi connectivity index (χ0n) is 7.15. The molecule has 0 spiro atoms. The Balaban J connectivity index is 3.58. The van der Waals surface area contributed by atoms with Crippen molar-refractivity contribution in [1.29, 1.82) is 0 Å². The van der Waals surface area contributed by atoms with Gasteiger partial charge in [0.25, 0.3) is 0 Å². The van der Waals surface area contributed by atoms with E-state index in [-0.39, 0.29) is 0 Å². The lowest BCUT2D eigenvalue weighted by molar-refractivity contribution is -0.0368. The van der Waals surface area contributed by atoms with Gasteiger partial charge in [-0.1, -0.05) is 13.8 Å². The van der Waals surface area contributed by atoms with Crippen molar-refractivity contribution in [3.8, 4) is 0 Å². The summed E-state index contributed by atoms with van der Waals surface area (Å²) in [4.78, 5) is 0. The molecular weight excluding hydrogens is 150 g/mol. The zero-order valence-corrected chi connectivity index (χ0v) is 7.15. The molecule has 2 atom stereocenters. The third-order valence-corrected chi connectivity index (χ3v) is 1.64. The number of hydrogen-bond donors (Lipinski definition) is 0. The molecule has 0 heterocycles. The van der Waals surface area contributed by atoms with E-state index in [4.69, 9.17) is 4.74 Å². The Bertz CT molecular complexity index is 70.2. The van der Waals surface area contributed by atoms with Crippen molar-refractivity contribution in [3.05, 3.63) is 0 Å². The van der Waals surface area contributed by atoms with Crippen LogP contribution >= 0.6 is 0 Å². The lowest BCUT2D eigenvalue weighted by Crippen LogP contribution is -2.24. The Hall–Kier alpha value is -0.180. The third-order valence-electron chi connectivity index (χ3n) is 1.64. The fourth-order valence-electron chi connectivity index (χ4n) is 0.756. The molecule has 0 bridgehead atoms. The molecule has 0 saturated carbocycles. The second-order valence-electron chi connectivity index (χ2n) is 2.51. The summed E-state index contributed by atoms with van der Waals surface area (Å²) in [5, 5.41) is 0. The number of hydrogen-bond acceptors (Lipinski definition) is 1. The summed E-state index contributed by atoms with van der Waals surface area (Å²) in [6.07, 6.45) is 0.367. The van der Waals surface area contributed by atoms with E-state index < -0.39 is 25.6 Å². The lowest BCUT2D eigenvalue weighted by atomic mass is 10.2. The van der Waals surface area contributed by atoms with Crippen LogP contribution < -0.4 is 0 Å². The molecule has 0 fully saturated rings. The molecule has 0 saturated heterocycles. The van der Waals surface area contributed by atoms with Crippen LogP contribution in [0.1, 0.15) is 26.7 Å². The molecule has 2 unspecified atom stereocenters. The highest BCUT2D eigenvalue weighted by Gasteiger charge is 2.12. The fourth-order valence-corrected chi connectivity index (χ4v) is 0.756. The van der Waals surface area contributed by atoms with Crippen molar-refractivity contribution in [2.24, 2.45) is 0 Å². The van der Waals surface area contributed by atoms with Crippen LogP contribution in [0.3, 0.4) is 0 Å². The Kier molecular flexibility index (Phi) is 6.42. The molecule has 68 valence electrons. The second-order valence-corrected chi connectivity index (χ2v) is 2.51. The molecule has 0 N–H and O–H groups in total. The Morgan fingerprint density at radius 3 is 1.55 bits per heavy atom. The van der Waals surface area contributed by atoms with Crippen molar-refractivity contribution < 1.29 is 13.5 Å². The van der Waals surface area contributed by atoms with E-state index in [1.165, 1.54) is 0 Å². The minimum absolute atomic E-state index is 0.421. The lowest BCUT2D eigenvalue weighted by Gasteiger charge is -2.18. The molecule has 0 aromatic carbocycles. The minimum Gasteiger partial charge on any atom is -0.370 e. The standard InChI is InChI=1S/C8H16F2O/c1-3-7(5-9)11-8(4-2)6-10/h7-8H,3-6H2,1-2H3. The number of ether oxygens (including phenoxy) is 1. The van der Waals surface area contributed by atoms with Gasteiger partial charge in [0.15, 0.2) is 0 Å². The Labute approximate surface area is 66.7 Å². The average Bonchev–Trinajstić information content (AvgIpc) is 2.07. The average molecular weight is 166 g/mol. The van der Waals surface area contributed by atoms with E-state index in [0.717, 1.165) is 0 Å². The van der Waals surface area contributed by atoms with Crippen LogP contribution in [0.4, 0.5) is 8.78 Å². The van der Waals surface area contributed by atoms with Crippen LogP contribution in [-0.4, -0.2) is 25.6 Å². The van der Waals surface area contributed by atoms with E-state index in [1.807, 2.05) is 13.8 Å². The van der Waals surface area contributed by atoms with Crippen molar-refractivity contribution in [2.45, 2.75) is 38.9 Å². The molecule has 0 aromatic rings. The van der Waals surface area contributed by atoms with Crippen LogP contribution in [0, 0.1) is 0 Å². The van der Waals surface area contributed by atoms with Gasteiger partial charge in [0.05, 0.1) is 12.2 Å². The predicted molar refractivity (Wildman–Crippen MR) is 41.2 cm³/mol. The minimum atomic E-state index is -0.521. The first-order valence-electron chi connectivity index (χ1n) is 4.05. The topological polar surface area (TPSA) is 9.23 Å². The molecule has 0 aromatic heterocycles. The molecule has 11 heavy (non-hydrogen) atoms. The van der Waals surface area contributed by atoms with Crippen molar-refractivity contribution in [2.75, 3.05) is 13.3 Å². The summed E-state index contributed by atoms with van der Waals surface area (Å²) in [5.74, 6) is 0. The van der Waals surface area contributed by atoms with Gasteiger partial charge >= 0.3 is 0 Å². The summed E-state index contributed by atoms with van der Waals surface area (Å²) >= 11 is 0. The van der Waals surface area contributed by atoms with Crippen molar-refractivity contribution in [1.82, 2.24) is 0 Å². The second kappa shape index (κ2) is 6.53. The zero-order chi connectivity index (χ0) is 8.69. The number of rotatable bonds is 6. The molecule has 0 aliphatic rings. The summed E-state index contributed by atoms with van der Waals surface area (Å²) in [7, 11) is 0. The number of halogens is 2. The van der Waals surface area contributed by atoms with Gasteiger partial charge in [0, 0.05) is 0 Å². The molecule has 0 radical (unpaired) electrons. The SMILES string of the molecule is CCC(CF)OC(CC)CF. The third kappa shape index (κ3) is 4.30. The molecule has 1 nitrogen and oxygen atoms in total. The number of alkyl halides is 2. The van der Waals surface area contributed by atoms with E-state index >= 15 is 0 Å². The van der Waals surface area contributed by atoms with Gasteiger partial charge in [-0.05, 0) is 12.8 Å². The van der Waals surface area contributed by atoms with Crippen LogP contribution in [-0.2, 0) is 4.74 Å². The van der Waals surface area contributed by atoms with E-state index in [1.54, 1.807) is 0 Å². The smallest absolute Gasteiger partial charge is 0.116 e. The molecule has 0 aliphatic carbocycles. The molecular formula is C8H16F2O. The fraction of sp³-hybridized carbons (Fsp3) is 1.00. The normalized spacial score (nSPS) is 16.4. The van der Waals surface area contributed by atoms with Gasteiger partial charge in [-0.3, -0.25) is 0 Å². The monoisotopic (exact) mass is 166 g/mol. The van der Waals surface area contributed by atoms with Gasteiger partial charge < -0.3 is 4.74 Å². The van der Waals surface area contributed by atoms with Crippen LogP contribution in [0.5, 0.6) is 0 Å². The van der Waals surface area contributed by atoms with Gasteiger partial charge in [-0.2, -0.15) is 0 Å². The summed E-state index contributed by atoms with van der Waals surface area (Å²) in [5.41, 5.74) is 0. The maximum atomic E-state index is 12.0. The summed E-state index contributed by atoms with van der Waals surface area (Å²) < 4.78 is 29.2. The van der Waals surface area contributed by atoms with Crippen LogP contribution in [0.2, 0.25) is 0 Å². The highest BCUT2D eigenvalue weighted by molar-refractivity contribution is 4.59. The first kappa shape index (κ1) is 10.8. The summed E-state index contributed by atoms with van der Waals surface area (Å²) in [6, 6.07) is 0. The van der Waals surface area contributed by atoms with E-state index in [9.17, 15) is 8.78 Å². The Morgan fingerprint density at radius 2 is 1.36 bits per heavy atom. The maximum Gasteiger partial charge on any atom is 0.116 e. The van der Waals surface area contributed by atoms with Crippen molar-refractivity contribution in [3.63, 3.8) is 0 Å². The van der Waals surface area contributed by atoms with E-state index in [2.05, 4.69) is 0 Å². The van der Waals surface area contributed by atoms with Gasteiger partial charge in [0.2, 0.25) is 0 Å². The first-order chi connectivity index (χ1) is 5.28. The van der Waals surface area contributed by atoms with Gasteiger partial charge in [-0.15, -0.1) is 0 Å². The van der Waals surface area contributed by atoms with Crippen molar-refractivity contribution >= 4 is 0 Å². The molecule has 0 amide bonds. The molecule has 3 heteroatoms. The highest BCUT2D eigenvalue weighted by atomic mass is 19.1. The van der Waals surface area contributed by atoms with E-state index in [0.29, 0.717) is 12.8 Å². The molecule has 0 aliphatic heterocycles. The highest BCUT2D eigenvalue weighted by Crippen LogP contribution is 2.07. The predicted octanol–water partition coefficient (Wildman–Crippen LogP) is 2.50. The molecule has 0 rings (SSSR count). The van der Waals surface area contributed by atoms with Gasteiger partial charge in [-0.25, -0.2) is 8.78 Å². The van der Waals surface area contributed by atoms with Gasteiger partial charge in [0.1, 0.15) is 13.3 Å².